The molecule has 0 rings (SSSR count). The predicted molar refractivity (Wildman–Crippen MR) is 70.9 cm³/mol. The van der Waals surface area contributed by atoms with Gasteiger partial charge in [0.2, 0.25) is 0 Å². The quantitative estimate of drug-likeness (QED) is 0.473. The molecule has 1 unspecified atom stereocenters. The summed E-state index contributed by atoms with van der Waals surface area (Å²) >= 11 is 0. The first kappa shape index (κ1) is 17.6. The number of rotatable bonds is 10. The van der Waals surface area contributed by atoms with E-state index in [1.807, 2.05) is 0 Å². The van der Waals surface area contributed by atoms with Crippen LogP contribution in [0, 0.1) is 0 Å². The summed E-state index contributed by atoms with van der Waals surface area (Å²) in [5.41, 5.74) is 0. The van der Waals surface area contributed by atoms with Crippen molar-refractivity contribution in [1.82, 2.24) is 0 Å². The molecular formula is C12H25O5P. The Balaban J connectivity index is 4.57. The number of unbranched alkanes of at least 4 members (excludes halogenated alkanes) is 3. The first-order valence-corrected chi connectivity index (χ1v) is 8.16. The first-order chi connectivity index (χ1) is 8.38. The maximum absolute atomic E-state index is 12.1. The number of hydrogen-bond donors (Lipinski definition) is 2. The van der Waals surface area contributed by atoms with Crippen LogP contribution >= 0.6 is 7.60 Å². The molecule has 0 saturated heterocycles. The van der Waals surface area contributed by atoms with Gasteiger partial charge in [-0.2, -0.15) is 0 Å². The molecule has 18 heavy (non-hydrogen) atoms. The Kier molecular flexibility index (Phi) is 7.76. The van der Waals surface area contributed by atoms with E-state index in [2.05, 4.69) is 6.92 Å². The number of carboxylic acids is 1. The highest BCUT2D eigenvalue weighted by molar-refractivity contribution is 7.55. The summed E-state index contributed by atoms with van der Waals surface area (Å²) in [5.74, 6) is -1.26. The van der Waals surface area contributed by atoms with Crippen LogP contribution in [0.3, 0.4) is 0 Å². The summed E-state index contributed by atoms with van der Waals surface area (Å²) in [4.78, 5) is 21.2. The van der Waals surface area contributed by atoms with Gasteiger partial charge in [-0.1, -0.05) is 40.0 Å². The molecule has 0 spiro atoms. The van der Waals surface area contributed by atoms with E-state index in [4.69, 9.17) is 4.52 Å². The number of carbonyl (C=O) groups is 1. The van der Waals surface area contributed by atoms with Gasteiger partial charge in [-0.3, -0.25) is 9.36 Å². The number of aliphatic carboxylic acids is 1. The fraction of sp³-hybridized carbons (Fsp3) is 0.917. The summed E-state index contributed by atoms with van der Waals surface area (Å²) in [6.07, 6.45) is 3.89. The SMILES string of the molecule is CCCCCCOP(=O)(O)C(CC)(CC)C(=O)O. The van der Waals surface area contributed by atoms with E-state index in [0.717, 1.165) is 19.3 Å². The smallest absolute Gasteiger partial charge is 0.345 e. The van der Waals surface area contributed by atoms with Gasteiger partial charge in [0, 0.05) is 0 Å². The lowest BCUT2D eigenvalue weighted by molar-refractivity contribution is -0.141. The maximum Gasteiger partial charge on any atom is 0.345 e. The highest BCUT2D eigenvalue weighted by atomic mass is 31.2. The highest BCUT2D eigenvalue weighted by Gasteiger charge is 2.52. The van der Waals surface area contributed by atoms with E-state index in [1.165, 1.54) is 0 Å². The molecule has 0 bridgehead atoms. The minimum absolute atomic E-state index is 0.0849. The van der Waals surface area contributed by atoms with Crippen LogP contribution in [0.4, 0.5) is 0 Å². The third kappa shape index (κ3) is 4.08. The zero-order chi connectivity index (χ0) is 14.2. The van der Waals surface area contributed by atoms with Crippen molar-refractivity contribution in [2.75, 3.05) is 6.61 Å². The molecule has 0 amide bonds. The second kappa shape index (κ2) is 7.93. The second-order valence-electron chi connectivity index (χ2n) is 4.46. The van der Waals surface area contributed by atoms with Gasteiger partial charge in [0.15, 0.2) is 5.16 Å². The van der Waals surface area contributed by atoms with Crippen molar-refractivity contribution < 1.29 is 23.9 Å². The zero-order valence-corrected chi connectivity index (χ0v) is 12.4. The largest absolute Gasteiger partial charge is 0.480 e. The van der Waals surface area contributed by atoms with Crippen LogP contribution in [0.1, 0.15) is 59.3 Å². The molecule has 5 nitrogen and oxygen atoms in total. The van der Waals surface area contributed by atoms with Gasteiger partial charge in [-0.25, -0.2) is 0 Å². The standard InChI is InChI=1S/C12H25O5P/c1-4-7-8-9-10-17-18(15,16)12(5-2,6-3)11(13)14/h4-10H2,1-3H3,(H,13,14)(H,15,16). The van der Waals surface area contributed by atoms with Gasteiger partial charge in [0.1, 0.15) is 0 Å². The van der Waals surface area contributed by atoms with Gasteiger partial charge < -0.3 is 14.5 Å². The van der Waals surface area contributed by atoms with Crippen molar-refractivity contribution in [2.24, 2.45) is 0 Å². The number of hydrogen-bond acceptors (Lipinski definition) is 3. The molecule has 1 atom stereocenters. The van der Waals surface area contributed by atoms with Crippen molar-refractivity contribution in [3.05, 3.63) is 0 Å². The van der Waals surface area contributed by atoms with Gasteiger partial charge in [0.25, 0.3) is 0 Å². The van der Waals surface area contributed by atoms with E-state index in [-0.39, 0.29) is 19.4 Å². The maximum atomic E-state index is 12.1. The molecule has 0 heterocycles. The second-order valence-corrected chi connectivity index (χ2v) is 6.61. The first-order valence-electron chi connectivity index (χ1n) is 6.58. The highest BCUT2D eigenvalue weighted by Crippen LogP contribution is 2.59. The Morgan fingerprint density at radius 3 is 2.11 bits per heavy atom. The molecule has 0 aliphatic heterocycles. The molecule has 0 fully saturated rings. The van der Waals surface area contributed by atoms with Gasteiger partial charge >= 0.3 is 13.6 Å². The van der Waals surface area contributed by atoms with Crippen LogP contribution in [0.5, 0.6) is 0 Å². The number of carboxylic acid groups (broad SMARTS) is 1. The summed E-state index contributed by atoms with van der Waals surface area (Å²) in [5, 5.41) is 7.52. The molecular weight excluding hydrogens is 255 g/mol. The van der Waals surface area contributed by atoms with Crippen LogP contribution in [0.2, 0.25) is 0 Å². The zero-order valence-electron chi connectivity index (χ0n) is 11.5. The topological polar surface area (TPSA) is 83.8 Å². The fourth-order valence-corrected chi connectivity index (χ4v) is 3.58. The van der Waals surface area contributed by atoms with Crippen LogP contribution < -0.4 is 0 Å². The van der Waals surface area contributed by atoms with E-state index in [0.29, 0.717) is 6.42 Å². The van der Waals surface area contributed by atoms with Crippen molar-refractivity contribution in [3.63, 3.8) is 0 Å². The van der Waals surface area contributed by atoms with Gasteiger partial charge in [0.05, 0.1) is 6.61 Å². The molecule has 6 heteroatoms. The van der Waals surface area contributed by atoms with Crippen molar-refractivity contribution in [2.45, 2.75) is 64.5 Å². The van der Waals surface area contributed by atoms with E-state index in [9.17, 15) is 19.4 Å². The normalized spacial score (nSPS) is 15.3. The van der Waals surface area contributed by atoms with Crippen LogP contribution in [0.25, 0.3) is 0 Å². The lowest BCUT2D eigenvalue weighted by Gasteiger charge is -2.30. The van der Waals surface area contributed by atoms with Crippen LogP contribution in [0.15, 0.2) is 0 Å². The van der Waals surface area contributed by atoms with E-state index >= 15 is 0 Å². The predicted octanol–water partition coefficient (Wildman–Crippen LogP) is 3.41. The van der Waals surface area contributed by atoms with E-state index < -0.39 is 18.7 Å². The van der Waals surface area contributed by atoms with Gasteiger partial charge in [-0.05, 0) is 19.3 Å². The summed E-state index contributed by atoms with van der Waals surface area (Å²) in [7, 11) is -4.14. The molecule has 0 aromatic carbocycles. The summed E-state index contributed by atoms with van der Waals surface area (Å²) in [6.45, 7) is 5.41. The molecule has 108 valence electrons. The van der Waals surface area contributed by atoms with Crippen molar-refractivity contribution in [3.8, 4) is 0 Å². The summed E-state index contributed by atoms with van der Waals surface area (Å²) in [6, 6.07) is 0. The lowest BCUT2D eigenvalue weighted by Crippen LogP contribution is -2.37. The third-order valence-corrected chi connectivity index (χ3v) is 5.81. The Bertz CT molecular complexity index is 299. The molecule has 0 aliphatic rings. The summed E-state index contributed by atoms with van der Waals surface area (Å²) < 4.78 is 17.1. The van der Waals surface area contributed by atoms with Gasteiger partial charge in [-0.15, -0.1) is 0 Å². The average Bonchev–Trinajstić information content (AvgIpc) is 2.30. The lowest BCUT2D eigenvalue weighted by atomic mass is 10.0. The molecule has 2 N–H and O–H groups in total. The van der Waals surface area contributed by atoms with Crippen LogP contribution in [-0.2, 0) is 13.9 Å². The monoisotopic (exact) mass is 280 g/mol. The van der Waals surface area contributed by atoms with Crippen molar-refractivity contribution >= 4 is 13.6 Å². The molecule has 0 aromatic heterocycles. The van der Waals surface area contributed by atoms with Crippen LogP contribution in [-0.4, -0.2) is 27.7 Å². The third-order valence-electron chi connectivity index (χ3n) is 3.37. The fourth-order valence-electron chi connectivity index (χ4n) is 1.91. The minimum Gasteiger partial charge on any atom is -0.480 e. The minimum atomic E-state index is -4.14. The molecule has 0 radical (unpaired) electrons. The Labute approximate surface area is 109 Å². The Morgan fingerprint density at radius 2 is 1.72 bits per heavy atom. The molecule has 0 saturated carbocycles. The Hall–Kier alpha value is -0.380. The average molecular weight is 280 g/mol. The Morgan fingerprint density at radius 1 is 1.17 bits per heavy atom. The van der Waals surface area contributed by atoms with E-state index in [1.54, 1.807) is 13.8 Å². The molecule has 0 aromatic rings. The van der Waals surface area contributed by atoms with Crippen molar-refractivity contribution in [1.29, 1.82) is 0 Å². The molecule has 0 aliphatic carbocycles.